The van der Waals surface area contributed by atoms with Crippen molar-refractivity contribution in [2.75, 3.05) is 26.4 Å². The average molecular weight is 915 g/mol. The molecule has 0 atom stereocenters. The highest BCUT2D eigenvalue weighted by Crippen LogP contribution is 2.40. The zero-order valence-corrected chi connectivity index (χ0v) is 40.4. The van der Waals surface area contributed by atoms with Crippen molar-refractivity contribution < 1.29 is 18.9 Å². The molecule has 354 valence electrons. The number of hydrogen-bond donors (Lipinski definition) is 2. The molecule has 3 aromatic heterocycles. The molecule has 12 heteroatoms. The van der Waals surface area contributed by atoms with Crippen molar-refractivity contribution in [3.05, 3.63) is 72.8 Å². The quantitative estimate of drug-likeness (QED) is 0.0562. The smallest absolute Gasteiger partial charge is 0.164 e. The second-order valence-electron chi connectivity index (χ2n) is 18.1. The monoisotopic (exact) mass is 915 g/mol. The van der Waals surface area contributed by atoms with Gasteiger partial charge in [0, 0.05) is 43.8 Å². The highest BCUT2D eigenvalue weighted by Gasteiger charge is 2.24. The molecule has 68 heavy (non-hydrogen) atoms. The molecule has 4 aromatic carbocycles. The molecule has 0 aliphatic carbocycles. The summed E-state index contributed by atoms with van der Waals surface area (Å²) in [5.74, 6) is 5.18. The molecule has 0 unspecified atom stereocenters. The Morgan fingerprint density at radius 1 is 0.309 bits per heavy atom. The number of unbranched alkanes of at least 4 members (excludes halogenated alkanes) is 12. The van der Waals surface area contributed by atoms with Crippen molar-refractivity contribution in [1.29, 1.82) is 0 Å². The van der Waals surface area contributed by atoms with E-state index in [0.29, 0.717) is 72.3 Å². The van der Waals surface area contributed by atoms with Crippen LogP contribution in [0, 0.1) is 0 Å². The third kappa shape index (κ3) is 10.7. The summed E-state index contributed by atoms with van der Waals surface area (Å²) in [7, 11) is 0. The van der Waals surface area contributed by atoms with Gasteiger partial charge in [0.1, 0.15) is 45.6 Å². The molecule has 0 saturated carbocycles. The lowest BCUT2D eigenvalue weighted by Gasteiger charge is -2.08. The number of rotatable bonds is 24. The Hall–Kier alpha value is -6.56. The molecule has 7 aromatic rings. The molecule has 2 aliphatic heterocycles. The number of aromatic amines is 2. The van der Waals surface area contributed by atoms with Gasteiger partial charge in [-0.05, 0) is 98.5 Å². The van der Waals surface area contributed by atoms with Crippen LogP contribution in [-0.2, 0) is 0 Å². The van der Waals surface area contributed by atoms with Gasteiger partial charge in [0.15, 0.2) is 23.3 Å². The van der Waals surface area contributed by atoms with Gasteiger partial charge in [-0.15, -0.1) is 0 Å². The van der Waals surface area contributed by atoms with E-state index in [1.807, 2.05) is 48.5 Å². The van der Waals surface area contributed by atoms with Crippen LogP contribution in [0.4, 0.5) is 0 Å². The predicted molar refractivity (Wildman–Crippen MR) is 275 cm³/mol. The molecule has 2 aliphatic rings. The first-order valence-corrected chi connectivity index (χ1v) is 25.4. The average Bonchev–Trinajstić information content (AvgIpc) is 4.08. The lowest BCUT2D eigenvalue weighted by Crippen LogP contribution is -1.97. The summed E-state index contributed by atoms with van der Waals surface area (Å²) in [6.45, 7) is 11.4. The minimum atomic E-state index is 0.520. The maximum Gasteiger partial charge on any atom is 0.164 e. The van der Waals surface area contributed by atoms with E-state index in [1.54, 1.807) is 0 Å². The van der Waals surface area contributed by atoms with Gasteiger partial charge in [-0.25, -0.2) is 29.9 Å². The van der Waals surface area contributed by atoms with Gasteiger partial charge in [-0.2, -0.15) is 0 Å². The van der Waals surface area contributed by atoms with Crippen LogP contribution in [0.2, 0.25) is 0 Å². The molecule has 2 N–H and O–H groups in total. The second-order valence-corrected chi connectivity index (χ2v) is 18.1. The molecule has 5 heterocycles. The van der Waals surface area contributed by atoms with Crippen LogP contribution in [-0.4, -0.2) is 66.3 Å². The molecule has 0 saturated heterocycles. The van der Waals surface area contributed by atoms with E-state index >= 15 is 0 Å². The number of nitrogens with one attached hydrogen (secondary N) is 2. The van der Waals surface area contributed by atoms with Crippen LogP contribution < -0.4 is 18.9 Å². The first-order valence-electron chi connectivity index (χ1n) is 25.4. The third-order valence-electron chi connectivity index (χ3n) is 12.8. The summed E-state index contributed by atoms with van der Waals surface area (Å²) in [4.78, 5) is 38.7. The minimum Gasteiger partial charge on any atom is -0.494 e. The third-order valence-corrected chi connectivity index (χ3v) is 12.8. The second kappa shape index (κ2) is 22.5. The largest absolute Gasteiger partial charge is 0.494 e. The van der Waals surface area contributed by atoms with E-state index in [-0.39, 0.29) is 0 Å². The first kappa shape index (κ1) is 46.5. The predicted octanol–water partition coefficient (Wildman–Crippen LogP) is 14.7. The van der Waals surface area contributed by atoms with Gasteiger partial charge < -0.3 is 28.9 Å². The van der Waals surface area contributed by atoms with E-state index in [2.05, 4.69) is 61.9 Å². The molecule has 12 nitrogen and oxygen atoms in total. The standard InChI is InChI=1S/C56H66N8O4/c1-5-9-13-17-29-65-37-21-25-41-45(33-37)53-57-49(41)62-54-47-35-39(67-31-19-15-11-7-3)23-27-43(47)51(59-54)64-56-48-36-40(68-32-20-16-12-8-4)24-28-44(48)52(60-56)63-55-46-34-38(66-30-18-14-10-6-2)22-26-42(46)50(58-55)61-53/h21-28,33-36H,5-20,29-32H2,1-4H3,(H2,57,58,59,60,61,62,63,64). The first-order chi connectivity index (χ1) is 33.5. The van der Waals surface area contributed by atoms with E-state index in [1.165, 1.54) is 51.4 Å². The number of fused-ring (bicyclic) bond motifs is 20. The number of hydrogen-bond acceptors (Lipinski definition) is 10. The fourth-order valence-electron chi connectivity index (χ4n) is 8.95. The van der Waals surface area contributed by atoms with Crippen molar-refractivity contribution in [3.8, 4) is 68.5 Å². The van der Waals surface area contributed by atoms with E-state index in [4.69, 9.17) is 48.9 Å². The fraction of sp³-hybridized carbons (Fsp3) is 0.429. The van der Waals surface area contributed by atoms with Crippen LogP contribution in [0.15, 0.2) is 72.8 Å². The van der Waals surface area contributed by atoms with Gasteiger partial charge in [0.25, 0.3) is 0 Å². The minimum absolute atomic E-state index is 0.520. The van der Waals surface area contributed by atoms with Crippen molar-refractivity contribution in [3.63, 3.8) is 0 Å². The number of benzene rings is 4. The summed E-state index contributed by atoms with van der Waals surface area (Å²) in [5, 5.41) is 3.48. The number of H-pyrrole nitrogens is 2. The number of aromatic nitrogens is 8. The maximum atomic E-state index is 6.32. The molecule has 9 rings (SSSR count). The zero-order valence-electron chi connectivity index (χ0n) is 40.4. The fourth-order valence-corrected chi connectivity index (χ4v) is 8.95. The SMILES string of the molecule is CCCCCCOc1ccc2c(c1)-c1nc-2nc2[nH]c(nc3nc(nc4[nH]c(n1)c1ccc(OCCCCCC)cc41)-c1ccc(OCCCCCC)cc1-3)c1ccc(OCCCCCC)cc21. The highest BCUT2D eigenvalue weighted by atomic mass is 16.5. The summed E-state index contributed by atoms with van der Waals surface area (Å²) in [6.07, 6.45) is 18.0. The Labute approximate surface area is 399 Å². The van der Waals surface area contributed by atoms with Crippen LogP contribution in [0.1, 0.15) is 130 Å². The van der Waals surface area contributed by atoms with Crippen molar-refractivity contribution in [1.82, 2.24) is 39.9 Å². The molecular formula is C56H66N8O4. The molecule has 8 bridgehead atoms. The van der Waals surface area contributed by atoms with Gasteiger partial charge in [0.05, 0.1) is 26.4 Å². The highest BCUT2D eigenvalue weighted by molar-refractivity contribution is 6.07. The molecular weight excluding hydrogens is 849 g/mol. The van der Waals surface area contributed by atoms with Crippen molar-refractivity contribution in [2.24, 2.45) is 0 Å². The summed E-state index contributed by atoms with van der Waals surface area (Å²) in [5.41, 5.74) is 5.82. The van der Waals surface area contributed by atoms with Gasteiger partial charge >= 0.3 is 0 Å². The lowest BCUT2D eigenvalue weighted by atomic mass is 10.1. The Kier molecular flexibility index (Phi) is 15.4. The summed E-state index contributed by atoms with van der Waals surface area (Å²) < 4.78 is 25.3. The van der Waals surface area contributed by atoms with Crippen molar-refractivity contribution >= 4 is 44.1 Å². The maximum absolute atomic E-state index is 6.32. The Morgan fingerprint density at radius 3 is 0.971 bits per heavy atom. The molecule has 0 amide bonds. The van der Waals surface area contributed by atoms with E-state index < -0.39 is 0 Å². The molecule has 0 fully saturated rings. The lowest BCUT2D eigenvalue weighted by molar-refractivity contribution is 0.305. The zero-order chi connectivity index (χ0) is 46.7. The Balaban J connectivity index is 1.25. The van der Waals surface area contributed by atoms with Crippen LogP contribution in [0.25, 0.3) is 89.7 Å². The molecule has 0 spiro atoms. The topological polar surface area (TPSA) is 146 Å². The summed E-state index contributed by atoms with van der Waals surface area (Å²) >= 11 is 0. The van der Waals surface area contributed by atoms with Gasteiger partial charge in [-0.3, -0.25) is 0 Å². The Morgan fingerprint density at radius 2 is 0.618 bits per heavy atom. The van der Waals surface area contributed by atoms with Gasteiger partial charge in [0.2, 0.25) is 0 Å². The van der Waals surface area contributed by atoms with Gasteiger partial charge in [-0.1, -0.05) is 105 Å². The number of ether oxygens (including phenoxy) is 4. The van der Waals surface area contributed by atoms with E-state index in [0.717, 1.165) is 118 Å². The molecule has 0 radical (unpaired) electrons. The number of nitrogens with zero attached hydrogens (tertiary/aromatic N) is 6. The normalized spacial score (nSPS) is 11.8. The van der Waals surface area contributed by atoms with Crippen LogP contribution >= 0.6 is 0 Å². The van der Waals surface area contributed by atoms with Crippen LogP contribution in [0.5, 0.6) is 23.0 Å². The summed E-state index contributed by atoms with van der Waals surface area (Å²) in [6, 6.07) is 24.4. The van der Waals surface area contributed by atoms with E-state index in [9.17, 15) is 0 Å². The van der Waals surface area contributed by atoms with Crippen LogP contribution in [0.3, 0.4) is 0 Å². The van der Waals surface area contributed by atoms with Crippen molar-refractivity contribution in [2.45, 2.75) is 130 Å². The Bertz CT molecular complexity index is 2810.